The van der Waals surface area contributed by atoms with Crippen molar-refractivity contribution in [3.63, 3.8) is 0 Å². The number of carbonyl (C=O) groups excluding carboxylic acids is 1. The molecule has 0 spiro atoms. The van der Waals surface area contributed by atoms with Crippen molar-refractivity contribution in [1.29, 1.82) is 0 Å². The molecule has 1 aromatic heterocycles. The minimum Gasteiger partial charge on any atom is -0.339 e. The van der Waals surface area contributed by atoms with Gasteiger partial charge in [0.05, 0.1) is 0 Å². The SMILES string of the molecule is O=C(Cn1ncccc1=O)N1CCSCC1. The molecule has 6 heteroatoms. The van der Waals surface area contributed by atoms with E-state index in [1.165, 1.54) is 16.9 Å². The van der Waals surface area contributed by atoms with Gasteiger partial charge in [0.15, 0.2) is 0 Å². The minimum absolute atomic E-state index is 0.0268. The third kappa shape index (κ3) is 2.63. The Morgan fingerprint density at radius 2 is 2.19 bits per heavy atom. The molecule has 0 radical (unpaired) electrons. The number of amides is 1. The summed E-state index contributed by atoms with van der Waals surface area (Å²) >= 11 is 1.85. The van der Waals surface area contributed by atoms with Crippen molar-refractivity contribution >= 4 is 17.7 Å². The predicted octanol–water partition coefficient (Wildman–Crippen LogP) is -0.181. The summed E-state index contributed by atoms with van der Waals surface area (Å²) in [7, 11) is 0. The van der Waals surface area contributed by atoms with Crippen molar-refractivity contribution in [2.45, 2.75) is 6.54 Å². The summed E-state index contributed by atoms with van der Waals surface area (Å²) in [5.74, 6) is 1.92. The molecule has 1 fully saturated rings. The van der Waals surface area contributed by atoms with E-state index in [4.69, 9.17) is 0 Å². The molecule has 5 nitrogen and oxygen atoms in total. The number of aromatic nitrogens is 2. The van der Waals surface area contributed by atoms with Crippen LogP contribution >= 0.6 is 11.8 Å². The van der Waals surface area contributed by atoms with Gasteiger partial charge in [-0.25, -0.2) is 4.68 Å². The van der Waals surface area contributed by atoms with E-state index in [0.29, 0.717) is 0 Å². The lowest BCUT2D eigenvalue weighted by Crippen LogP contribution is -2.41. The highest BCUT2D eigenvalue weighted by Crippen LogP contribution is 2.09. The lowest BCUT2D eigenvalue weighted by molar-refractivity contribution is -0.131. The van der Waals surface area contributed by atoms with Gasteiger partial charge in [-0.2, -0.15) is 16.9 Å². The molecule has 86 valence electrons. The second-order valence-electron chi connectivity index (χ2n) is 3.51. The van der Waals surface area contributed by atoms with Crippen molar-refractivity contribution < 1.29 is 4.79 Å². The molecule has 1 saturated heterocycles. The number of hydrogen-bond acceptors (Lipinski definition) is 4. The Labute approximate surface area is 97.4 Å². The van der Waals surface area contributed by atoms with Gasteiger partial charge >= 0.3 is 0 Å². The Morgan fingerprint density at radius 3 is 2.88 bits per heavy atom. The number of rotatable bonds is 2. The highest BCUT2D eigenvalue weighted by molar-refractivity contribution is 7.99. The first-order chi connectivity index (χ1) is 7.77. The first-order valence-corrected chi connectivity index (χ1v) is 6.30. The van der Waals surface area contributed by atoms with E-state index in [-0.39, 0.29) is 18.0 Å². The van der Waals surface area contributed by atoms with Crippen LogP contribution in [0.4, 0.5) is 0 Å². The molecule has 0 saturated carbocycles. The summed E-state index contributed by atoms with van der Waals surface area (Å²) in [4.78, 5) is 25.0. The maximum atomic E-state index is 11.8. The van der Waals surface area contributed by atoms with Crippen LogP contribution in [-0.4, -0.2) is 45.2 Å². The molecule has 0 bridgehead atoms. The van der Waals surface area contributed by atoms with Gasteiger partial charge in [0.1, 0.15) is 6.54 Å². The van der Waals surface area contributed by atoms with E-state index >= 15 is 0 Å². The normalized spacial score (nSPS) is 16.1. The van der Waals surface area contributed by atoms with Gasteiger partial charge in [0.25, 0.3) is 5.56 Å². The fraction of sp³-hybridized carbons (Fsp3) is 0.500. The highest BCUT2D eigenvalue weighted by Gasteiger charge is 2.17. The molecule has 0 N–H and O–H groups in total. The molecule has 1 amide bonds. The zero-order valence-corrected chi connectivity index (χ0v) is 9.65. The lowest BCUT2D eigenvalue weighted by Gasteiger charge is -2.26. The maximum absolute atomic E-state index is 11.8. The third-order valence-corrected chi connectivity index (χ3v) is 3.38. The van der Waals surface area contributed by atoms with Crippen LogP contribution in [0.15, 0.2) is 23.1 Å². The lowest BCUT2D eigenvalue weighted by atomic mass is 10.4. The van der Waals surface area contributed by atoms with Crippen molar-refractivity contribution in [2.24, 2.45) is 0 Å². The van der Waals surface area contributed by atoms with Gasteiger partial charge in [-0.05, 0) is 6.07 Å². The average Bonchev–Trinajstić information content (AvgIpc) is 2.33. The maximum Gasteiger partial charge on any atom is 0.267 e. The molecule has 1 aromatic rings. The summed E-state index contributed by atoms with van der Waals surface area (Å²) in [5.41, 5.74) is -0.234. The van der Waals surface area contributed by atoms with Crippen molar-refractivity contribution in [3.05, 3.63) is 28.7 Å². The zero-order chi connectivity index (χ0) is 11.4. The molecule has 1 aliphatic rings. The summed E-state index contributed by atoms with van der Waals surface area (Å²) in [6.45, 7) is 1.58. The van der Waals surface area contributed by atoms with Gasteiger partial charge in [-0.3, -0.25) is 9.59 Å². The molecule has 0 aliphatic carbocycles. The highest BCUT2D eigenvalue weighted by atomic mass is 32.2. The van der Waals surface area contributed by atoms with Crippen LogP contribution < -0.4 is 5.56 Å². The van der Waals surface area contributed by atoms with Crippen LogP contribution in [0.25, 0.3) is 0 Å². The molecule has 2 rings (SSSR count). The van der Waals surface area contributed by atoms with Crippen LogP contribution in [0, 0.1) is 0 Å². The summed E-state index contributed by atoms with van der Waals surface area (Å²) < 4.78 is 1.20. The van der Waals surface area contributed by atoms with Gasteiger partial charge in [-0.15, -0.1) is 0 Å². The van der Waals surface area contributed by atoms with Crippen LogP contribution in [-0.2, 0) is 11.3 Å². The Bertz CT molecular complexity index is 426. The van der Waals surface area contributed by atoms with Crippen LogP contribution in [0.5, 0.6) is 0 Å². The number of thioether (sulfide) groups is 1. The average molecular weight is 239 g/mol. The molecule has 16 heavy (non-hydrogen) atoms. The summed E-state index contributed by atoms with van der Waals surface area (Å²) in [5, 5.41) is 3.86. The monoisotopic (exact) mass is 239 g/mol. The van der Waals surface area contributed by atoms with E-state index in [9.17, 15) is 9.59 Å². The third-order valence-electron chi connectivity index (χ3n) is 2.43. The standard InChI is InChI=1S/C10H13N3O2S/c14-9-2-1-3-11-13(9)8-10(15)12-4-6-16-7-5-12/h1-3H,4-8H2. The van der Waals surface area contributed by atoms with Gasteiger partial charge in [-0.1, -0.05) is 0 Å². The fourth-order valence-corrected chi connectivity index (χ4v) is 2.45. The smallest absolute Gasteiger partial charge is 0.267 e. The van der Waals surface area contributed by atoms with E-state index in [1.54, 1.807) is 11.0 Å². The van der Waals surface area contributed by atoms with Gasteiger partial charge < -0.3 is 4.90 Å². The zero-order valence-electron chi connectivity index (χ0n) is 8.83. The summed E-state index contributed by atoms with van der Waals surface area (Å²) in [6, 6.07) is 2.98. The Balaban J connectivity index is 2.01. The number of hydrogen-bond donors (Lipinski definition) is 0. The van der Waals surface area contributed by atoms with E-state index in [2.05, 4.69) is 5.10 Å². The van der Waals surface area contributed by atoms with Crippen LogP contribution in [0.3, 0.4) is 0 Å². The van der Waals surface area contributed by atoms with Gasteiger partial charge in [0, 0.05) is 36.9 Å². The molecule has 2 heterocycles. The second-order valence-corrected chi connectivity index (χ2v) is 4.74. The van der Waals surface area contributed by atoms with Crippen LogP contribution in [0.2, 0.25) is 0 Å². The summed E-state index contributed by atoms with van der Waals surface area (Å²) in [6.07, 6.45) is 1.51. The van der Waals surface area contributed by atoms with Crippen molar-refractivity contribution in [1.82, 2.24) is 14.7 Å². The minimum atomic E-state index is -0.234. The Hall–Kier alpha value is -1.30. The molecule has 0 aromatic carbocycles. The fourth-order valence-electron chi connectivity index (χ4n) is 1.55. The molecule has 1 aliphatic heterocycles. The number of carbonyl (C=O) groups is 1. The number of nitrogens with zero attached hydrogens (tertiary/aromatic N) is 3. The van der Waals surface area contributed by atoms with Crippen LogP contribution in [0.1, 0.15) is 0 Å². The van der Waals surface area contributed by atoms with Crippen molar-refractivity contribution in [3.8, 4) is 0 Å². The van der Waals surface area contributed by atoms with Gasteiger partial charge in [0.2, 0.25) is 5.91 Å². The largest absolute Gasteiger partial charge is 0.339 e. The van der Waals surface area contributed by atoms with E-state index < -0.39 is 0 Å². The Morgan fingerprint density at radius 1 is 1.44 bits per heavy atom. The first kappa shape index (κ1) is 11.2. The molecule has 0 unspecified atom stereocenters. The molecular weight excluding hydrogens is 226 g/mol. The van der Waals surface area contributed by atoms with E-state index in [0.717, 1.165) is 24.6 Å². The molecule has 0 atom stereocenters. The Kier molecular flexibility index (Phi) is 3.61. The quantitative estimate of drug-likeness (QED) is 0.718. The van der Waals surface area contributed by atoms with Crippen molar-refractivity contribution in [2.75, 3.05) is 24.6 Å². The first-order valence-electron chi connectivity index (χ1n) is 5.15. The predicted molar refractivity (Wildman–Crippen MR) is 62.4 cm³/mol. The van der Waals surface area contributed by atoms with E-state index in [1.807, 2.05) is 11.8 Å². The molecular formula is C10H13N3O2S. The topological polar surface area (TPSA) is 55.2 Å². The second kappa shape index (κ2) is 5.16.